The summed E-state index contributed by atoms with van der Waals surface area (Å²) in [6.45, 7) is 3.06. The van der Waals surface area contributed by atoms with Gasteiger partial charge in [0.25, 0.3) is 11.5 Å². The van der Waals surface area contributed by atoms with Crippen molar-refractivity contribution in [1.29, 1.82) is 0 Å². The minimum absolute atomic E-state index is 0.0233. The van der Waals surface area contributed by atoms with Crippen LogP contribution in [0.4, 0.5) is 17.6 Å². The number of ether oxygens (including phenoxy) is 1. The first kappa shape index (κ1) is 25.1. The summed E-state index contributed by atoms with van der Waals surface area (Å²) >= 11 is 0. The van der Waals surface area contributed by atoms with Gasteiger partial charge in [-0.2, -0.15) is 25.9 Å². The highest BCUT2D eigenvalue weighted by atomic mass is 32.2. The zero-order valence-corrected chi connectivity index (χ0v) is 17.9. The Labute approximate surface area is 178 Å². The number of hydrogen-bond donors (Lipinski definition) is 2. The molecule has 0 radical (unpaired) electrons. The van der Waals surface area contributed by atoms with Crippen LogP contribution >= 0.6 is 0 Å². The second-order valence-electron chi connectivity index (χ2n) is 6.71. The van der Waals surface area contributed by atoms with Crippen LogP contribution in [0.1, 0.15) is 29.9 Å². The first-order valence-electron chi connectivity index (χ1n) is 8.71. The number of nitrogens with zero attached hydrogens (tertiary/aromatic N) is 2. The third-order valence-electron chi connectivity index (χ3n) is 4.32. The summed E-state index contributed by atoms with van der Waals surface area (Å²) in [5.74, 6) is -3.05. The molecule has 0 aliphatic heterocycles. The fourth-order valence-corrected chi connectivity index (χ4v) is 3.50. The van der Waals surface area contributed by atoms with Crippen LogP contribution in [-0.2, 0) is 16.4 Å². The van der Waals surface area contributed by atoms with Crippen molar-refractivity contribution in [2.24, 2.45) is 0 Å². The van der Waals surface area contributed by atoms with Gasteiger partial charge < -0.3 is 9.72 Å². The molecule has 176 valence electrons. The van der Waals surface area contributed by atoms with Gasteiger partial charge in [0.2, 0.25) is 0 Å². The smallest absolute Gasteiger partial charge is 0.431 e. The molecule has 2 rings (SSSR count). The van der Waals surface area contributed by atoms with Crippen molar-refractivity contribution >= 4 is 16.1 Å². The number of amides is 1. The predicted octanol–water partition coefficient (Wildman–Crippen LogP) is 1.01. The standard InChI is InChI=1S/C17H18F4N4O6S/c1-8(2)24(3)32(29,30)23-15(27)9-5-11(10(18)6-12(9)31-4)25-14(26)7-13(17(19,20)21)22-16(25)28/h5-8H,1-4H3,(H,22,28)(H,23,27). The van der Waals surface area contributed by atoms with Crippen molar-refractivity contribution in [2.45, 2.75) is 26.1 Å². The van der Waals surface area contributed by atoms with Crippen LogP contribution in [0, 0.1) is 5.82 Å². The van der Waals surface area contributed by atoms with Crippen molar-refractivity contribution in [1.82, 2.24) is 18.6 Å². The Bertz CT molecular complexity index is 1240. The lowest BCUT2D eigenvalue weighted by molar-refractivity contribution is -0.141. The van der Waals surface area contributed by atoms with E-state index in [4.69, 9.17) is 4.74 Å². The highest BCUT2D eigenvalue weighted by Gasteiger charge is 2.33. The zero-order valence-electron chi connectivity index (χ0n) is 17.1. The topological polar surface area (TPSA) is 131 Å². The maximum absolute atomic E-state index is 14.6. The van der Waals surface area contributed by atoms with Crippen molar-refractivity contribution in [3.8, 4) is 11.4 Å². The molecule has 1 heterocycles. The number of carbonyl (C=O) groups excluding carboxylic acids is 1. The van der Waals surface area contributed by atoms with Gasteiger partial charge in [-0.3, -0.25) is 9.59 Å². The van der Waals surface area contributed by atoms with E-state index in [2.05, 4.69) is 0 Å². The van der Waals surface area contributed by atoms with Crippen molar-refractivity contribution in [3.63, 3.8) is 0 Å². The van der Waals surface area contributed by atoms with Gasteiger partial charge in [-0.1, -0.05) is 0 Å². The van der Waals surface area contributed by atoms with Crippen LogP contribution < -0.4 is 20.7 Å². The van der Waals surface area contributed by atoms with Gasteiger partial charge in [-0.15, -0.1) is 0 Å². The summed E-state index contributed by atoms with van der Waals surface area (Å²) in [6, 6.07) is 0.688. The van der Waals surface area contributed by atoms with Crippen molar-refractivity contribution in [3.05, 3.63) is 56.1 Å². The third kappa shape index (κ3) is 4.99. The number of hydrogen-bond acceptors (Lipinski definition) is 6. The van der Waals surface area contributed by atoms with Crippen LogP contribution in [0.5, 0.6) is 5.75 Å². The molecule has 0 bridgehead atoms. The van der Waals surface area contributed by atoms with Crippen molar-refractivity contribution < 1.29 is 35.5 Å². The molecule has 0 saturated carbocycles. The van der Waals surface area contributed by atoms with Crippen LogP contribution in [0.2, 0.25) is 0 Å². The number of methoxy groups -OCH3 is 1. The zero-order chi connectivity index (χ0) is 24.6. The summed E-state index contributed by atoms with van der Waals surface area (Å²) in [5.41, 5.74) is -6.32. The number of nitrogens with one attached hydrogen (secondary N) is 2. The van der Waals surface area contributed by atoms with E-state index >= 15 is 0 Å². The summed E-state index contributed by atoms with van der Waals surface area (Å²) in [5, 5.41) is 0. The Morgan fingerprint density at radius 3 is 2.28 bits per heavy atom. The molecular formula is C17H18F4N4O6S. The molecule has 0 unspecified atom stereocenters. The molecule has 32 heavy (non-hydrogen) atoms. The van der Waals surface area contributed by atoms with E-state index in [9.17, 15) is 40.4 Å². The van der Waals surface area contributed by atoms with Gasteiger partial charge >= 0.3 is 22.1 Å². The normalized spacial score (nSPS) is 12.3. The molecule has 2 N–H and O–H groups in total. The van der Waals surface area contributed by atoms with Gasteiger partial charge in [0.05, 0.1) is 18.4 Å². The van der Waals surface area contributed by atoms with Gasteiger partial charge in [-0.25, -0.2) is 18.5 Å². The number of benzene rings is 1. The van der Waals surface area contributed by atoms with E-state index in [1.165, 1.54) is 25.9 Å². The average Bonchev–Trinajstić information content (AvgIpc) is 2.66. The molecular weight excluding hydrogens is 464 g/mol. The SMILES string of the molecule is COc1cc(F)c(-n2c(=O)cc(C(F)(F)F)[nH]c2=O)cc1C(=O)NS(=O)(=O)N(C)C(C)C. The number of aromatic nitrogens is 2. The second-order valence-corrected chi connectivity index (χ2v) is 8.44. The van der Waals surface area contributed by atoms with E-state index in [-0.39, 0.29) is 10.6 Å². The molecule has 0 spiro atoms. The summed E-state index contributed by atoms with van der Waals surface area (Å²) in [6.07, 6.45) is -5.04. The van der Waals surface area contributed by atoms with E-state index in [1.807, 2.05) is 0 Å². The van der Waals surface area contributed by atoms with Crippen molar-refractivity contribution in [2.75, 3.05) is 14.2 Å². The Balaban J connectivity index is 2.66. The summed E-state index contributed by atoms with van der Waals surface area (Å²) < 4.78 is 84.9. The predicted molar refractivity (Wildman–Crippen MR) is 103 cm³/mol. The molecule has 1 aromatic carbocycles. The van der Waals surface area contributed by atoms with E-state index in [0.717, 1.165) is 11.4 Å². The van der Waals surface area contributed by atoms with Gasteiger partial charge in [0, 0.05) is 25.2 Å². The first-order valence-corrected chi connectivity index (χ1v) is 10.2. The monoisotopic (exact) mass is 482 g/mol. The van der Waals surface area contributed by atoms with Crippen LogP contribution in [0.25, 0.3) is 5.69 Å². The number of aromatic amines is 1. The lowest BCUT2D eigenvalue weighted by atomic mass is 10.1. The molecule has 1 aromatic heterocycles. The van der Waals surface area contributed by atoms with E-state index in [0.29, 0.717) is 12.1 Å². The summed E-state index contributed by atoms with van der Waals surface area (Å²) in [4.78, 5) is 38.2. The lowest BCUT2D eigenvalue weighted by Crippen LogP contribution is -2.44. The Kier molecular flexibility index (Phi) is 6.84. The molecule has 0 aliphatic carbocycles. The largest absolute Gasteiger partial charge is 0.496 e. The Hall–Kier alpha value is -3.20. The van der Waals surface area contributed by atoms with Crippen LogP contribution in [-0.4, -0.2) is 48.4 Å². The Morgan fingerprint density at radius 1 is 1.22 bits per heavy atom. The lowest BCUT2D eigenvalue weighted by Gasteiger charge is -2.21. The minimum atomic E-state index is -5.04. The second kappa shape index (κ2) is 8.74. The first-order chi connectivity index (χ1) is 14.6. The molecule has 0 aliphatic rings. The molecule has 0 atom stereocenters. The van der Waals surface area contributed by atoms with Crippen LogP contribution in [0.15, 0.2) is 27.8 Å². The number of H-pyrrole nitrogens is 1. The number of alkyl halides is 3. The van der Waals surface area contributed by atoms with Crippen LogP contribution in [0.3, 0.4) is 0 Å². The van der Waals surface area contributed by atoms with Gasteiger partial charge in [0.1, 0.15) is 11.4 Å². The molecule has 0 saturated heterocycles. The average molecular weight is 482 g/mol. The van der Waals surface area contributed by atoms with E-state index in [1.54, 1.807) is 4.72 Å². The molecule has 15 heteroatoms. The molecule has 0 fully saturated rings. The quantitative estimate of drug-likeness (QED) is 0.591. The molecule has 1 amide bonds. The Morgan fingerprint density at radius 2 is 1.81 bits per heavy atom. The van der Waals surface area contributed by atoms with Gasteiger partial charge in [-0.05, 0) is 19.9 Å². The minimum Gasteiger partial charge on any atom is -0.496 e. The third-order valence-corrected chi connectivity index (χ3v) is 5.94. The highest BCUT2D eigenvalue weighted by Crippen LogP contribution is 2.27. The fraction of sp³-hybridized carbons (Fsp3) is 0.353. The fourth-order valence-electron chi connectivity index (χ4n) is 2.46. The molecule has 10 nitrogen and oxygen atoms in total. The van der Waals surface area contributed by atoms with E-state index < -0.39 is 68.1 Å². The highest BCUT2D eigenvalue weighted by molar-refractivity contribution is 7.87. The van der Waals surface area contributed by atoms with Gasteiger partial charge in [0.15, 0.2) is 5.82 Å². The maximum atomic E-state index is 14.6. The summed E-state index contributed by atoms with van der Waals surface area (Å²) in [7, 11) is -2.11. The maximum Gasteiger partial charge on any atom is 0.431 e. The molecule has 2 aromatic rings. The number of rotatable bonds is 6. The number of carbonyl (C=O) groups is 1. The number of halogens is 4.